The number of esters is 2. The van der Waals surface area contributed by atoms with Crippen molar-refractivity contribution < 1.29 is 34.4 Å². The Bertz CT molecular complexity index is 424. The number of aliphatic hydroxyl groups excluding tert-OH is 3. The summed E-state index contributed by atoms with van der Waals surface area (Å²) in [6.07, 6.45) is -1.33. The van der Waals surface area contributed by atoms with E-state index in [2.05, 4.69) is 4.74 Å². The third kappa shape index (κ3) is 4.39. The Morgan fingerprint density at radius 1 is 1.43 bits per heavy atom. The molecule has 0 radical (unpaired) electrons. The first-order chi connectivity index (χ1) is 9.92. The van der Waals surface area contributed by atoms with Crippen LogP contribution in [0.1, 0.15) is 19.3 Å². The highest BCUT2D eigenvalue weighted by Crippen LogP contribution is 2.24. The van der Waals surface area contributed by atoms with Crippen LogP contribution in [-0.4, -0.2) is 58.7 Å². The van der Waals surface area contributed by atoms with Gasteiger partial charge in [0.05, 0.1) is 6.61 Å². The summed E-state index contributed by atoms with van der Waals surface area (Å²) >= 11 is 0. The van der Waals surface area contributed by atoms with Crippen molar-refractivity contribution in [2.75, 3.05) is 13.2 Å². The molecule has 0 amide bonds. The summed E-state index contributed by atoms with van der Waals surface area (Å²) in [4.78, 5) is 23.2. The molecular weight excluding hydrogens is 284 g/mol. The lowest BCUT2D eigenvalue weighted by Gasteiger charge is -2.14. The van der Waals surface area contributed by atoms with Crippen molar-refractivity contribution in [2.24, 2.45) is 11.5 Å². The van der Waals surface area contributed by atoms with Crippen LogP contribution in [-0.2, 0) is 19.1 Å². The van der Waals surface area contributed by atoms with E-state index in [0.717, 1.165) is 0 Å². The number of rotatable bonds is 8. The normalized spacial score (nSPS) is 21.1. The second kappa shape index (κ2) is 7.93. The summed E-state index contributed by atoms with van der Waals surface area (Å²) in [6, 6.07) is -0.966. The zero-order chi connectivity index (χ0) is 16.0. The van der Waals surface area contributed by atoms with Crippen LogP contribution in [0.4, 0.5) is 0 Å². The second-order valence-corrected chi connectivity index (χ2v) is 4.60. The smallest absolute Gasteiger partial charge is 0.378 e. The van der Waals surface area contributed by atoms with Gasteiger partial charge in [-0.3, -0.25) is 0 Å². The minimum absolute atomic E-state index is 0.321. The van der Waals surface area contributed by atoms with Gasteiger partial charge in [0.25, 0.3) is 5.76 Å². The highest BCUT2D eigenvalue weighted by atomic mass is 16.6. The highest BCUT2D eigenvalue weighted by molar-refractivity contribution is 5.93. The van der Waals surface area contributed by atoms with E-state index < -0.39 is 48.3 Å². The first-order valence-electron chi connectivity index (χ1n) is 6.52. The van der Waals surface area contributed by atoms with Gasteiger partial charge in [0.15, 0.2) is 11.9 Å². The van der Waals surface area contributed by atoms with E-state index in [1.807, 2.05) is 0 Å². The fraction of sp³-hybridized carbons (Fsp3) is 0.667. The van der Waals surface area contributed by atoms with Crippen LogP contribution in [0.25, 0.3) is 0 Å². The van der Waals surface area contributed by atoms with Crippen LogP contribution in [0.15, 0.2) is 11.5 Å². The molecule has 0 aromatic carbocycles. The van der Waals surface area contributed by atoms with Gasteiger partial charge >= 0.3 is 11.9 Å². The van der Waals surface area contributed by atoms with Gasteiger partial charge in [-0.15, -0.1) is 0 Å². The van der Waals surface area contributed by atoms with E-state index >= 15 is 0 Å². The number of cyclic esters (lactones) is 1. The van der Waals surface area contributed by atoms with Crippen LogP contribution < -0.4 is 11.5 Å². The second-order valence-electron chi connectivity index (χ2n) is 4.60. The van der Waals surface area contributed by atoms with Crippen LogP contribution in [0.3, 0.4) is 0 Å². The molecule has 1 aliphatic rings. The SMILES string of the molecule is NCCCC[C@H](N)C(=O)OC1=C(O)[C@@H]([C@@H](O)CO)OC1=O. The fourth-order valence-electron chi connectivity index (χ4n) is 1.71. The molecule has 7 N–H and O–H groups in total. The molecule has 21 heavy (non-hydrogen) atoms. The molecule has 120 valence electrons. The van der Waals surface area contributed by atoms with Gasteiger partial charge in [0, 0.05) is 0 Å². The topological polar surface area (TPSA) is 165 Å². The molecule has 0 bridgehead atoms. The average molecular weight is 304 g/mol. The van der Waals surface area contributed by atoms with Crippen molar-refractivity contribution in [1.29, 1.82) is 0 Å². The Balaban J connectivity index is 2.65. The van der Waals surface area contributed by atoms with Gasteiger partial charge in [0.1, 0.15) is 12.1 Å². The van der Waals surface area contributed by atoms with E-state index in [1.54, 1.807) is 0 Å². The summed E-state index contributed by atoms with van der Waals surface area (Å²) in [5, 5.41) is 27.8. The molecule has 1 aliphatic heterocycles. The summed E-state index contributed by atoms with van der Waals surface area (Å²) < 4.78 is 9.33. The third-order valence-electron chi connectivity index (χ3n) is 2.93. The molecule has 0 aliphatic carbocycles. The minimum Gasteiger partial charge on any atom is -0.505 e. The maximum absolute atomic E-state index is 11.7. The van der Waals surface area contributed by atoms with Gasteiger partial charge in [-0.1, -0.05) is 6.42 Å². The Labute approximate surface area is 121 Å². The lowest BCUT2D eigenvalue weighted by atomic mass is 10.1. The van der Waals surface area contributed by atoms with Crippen molar-refractivity contribution in [2.45, 2.75) is 37.5 Å². The molecule has 1 heterocycles. The molecule has 3 atom stereocenters. The standard InChI is InChI=1S/C12H20N2O7/c13-4-2-1-3-6(14)11(18)21-10-8(17)9(7(16)5-15)20-12(10)19/h6-7,9,15-17H,1-5,13-14H2/t6-,7-,9+/m0/s1. The quantitative estimate of drug-likeness (QED) is 0.252. The molecule has 0 saturated carbocycles. The monoisotopic (exact) mass is 304 g/mol. The molecule has 9 heteroatoms. The summed E-state index contributed by atoms with van der Waals surface area (Å²) in [5.41, 5.74) is 10.9. The summed E-state index contributed by atoms with van der Waals surface area (Å²) in [7, 11) is 0. The Kier molecular flexibility index (Phi) is 6.56. The van der Waals surface area contributed by atoms with Crippen molar-refractivity contribution >= 4 is 11.9 Å². The maximum atomic E-state index is 11.7. The van der Waals surface area contributed by atoms with Crippen molar-refractivity contribution in [3.63, 3.8) is 0 Å². The number of ether oxygens (including phenoxy) is 2. The molecule has 0 unspecified atom stereocenters. The van der Waals surface area contributed by atoms with Gasteiger partial charge in [-0.2, -0.15) is 0 Å². The molecule has 0 aromatic heterocycles. The van der Waals surface area contributed by atoms with Gasteiger partial charge in [-0.05, 0) is 19.4 Å². The van der Waals surface area contributed by atoms with Crippen molar-refractivity contribution in [1.82, 2.24) is 0 Å². The predicted octanol–water partition coefficient (Wildman–Crippen LogP) is -1.97. The molecule has 0 spiro atoms. The molecule has 9 nitrogen and oxygen atoms in total. The third-order valence-corrected chi connectivity index (χ3v) is 2.93. The number of hydrogen-bond donors (Lipinski definition) is 5. The van der Waals surface area contributed by atoms with Crippen LogP contribution in [0.2, 0.25) is 0 Å². The number of unbranched alkanes of at least 4 members (excludes halogenated alkanes) is 1. The Morgan fingerprint density at radius 2 is 2.10 bits per heavy atom. The lowest BCUT2D eigenvalue weighted by Crippen LogP contribution is -2.33. The highest BCUT2D eigenvalue weighted by Gasteiger charge is 2.41. The van der Waals surface area contributed by atoms with E-state index in [-0.39, 0.29) is 0 Å². The molecule has 0 fully saturated rings. The van der Waals surface area contributed by atoms with Crippen LogP contribution in [0.5, 0.6) is 0 Å². The van der Waals surface area contributed by atoms with Crippen molar-refractivity contribution in [3.8, 4) is 0 Å². The summed E-state index contributed by atoms with van der Waals surface area (Å²) in [6.45, 7) is -0.261. The van der Waals surface area contributed by atoms with E-state index in [0.29, 0.717) is 25.8 Å². The van der Waals surface area contributed by atoms with Crippen molar-refractivity contribution in [3.05, 3.63) is 11.5 Å². The van der Waals surface area contributed by atoms with E-state index in [9.17, 15) is 19.8 Å². The fourth-order valence-corrected chi connectivity index (χ4v) is 1.71. The minimum atomic E-state index is -1.51. The molecule has 0 saturated heterocycles. The molecule has 1 rings (SSSR count). The lowest BCUT2D eigenvalue weighted by molar-refractivity contribution is -0.154. The predicted molar refractivity (Wildman–Crippen MR) is 69.6 cm³/mol. The van der Waals surface area contributed by atoms with Crippen LogP contribution in [0, 0.1) is 0 Å². The van der Waals surface area contributed by atoms with Gasteiger partial charge < -0.3 is 36.3 Å². The first kappa shape index (κ1) is 17.4. The Morgan fingerprint density at radius 3 is 2.67 bits per heavy atom. The number of hydrogen-bond acceptors (Lipinski definition) is 9. The maximum Gasteiger partial charge on any atom is 0.378 e. The zero-order valence-electron chi connectivity index (χ0n) is 11.4. The molecular formula is C12H20N2O7. The molecule has 0 aromatic rings. The number of aliphatic hydroxyl groups is 3. The van der Waals surface area contributed by atoms with Crippen LogP contribution >= 0.6 is 0 Å². The largest absolute Gasteiger partial charge is 0.505 e. The number of carbonyl (C=O) groups excluding carboxylic acids is 2. The van der Waals surface area contributed by atoms with E-state index in [4.69, 9.17) is 21.3 Å². The van der Waals surface area contributed by atoms with E-state index in [1.165, 1.54) is 0 Å². The zero-order valence-corrected chi connectivity index (χ0v) is 11.4. The number of nitrogens with two attached hydrogens (primary N) is 2. The summed E-state index contributed by atoms with van der Waals surface area (Å²) in [5.74, 6) is -3.46. The van der Waals surface area contributed by atoms with Gasteiger partial charge in [-0.25, -0.2) is 9.59 Å². The Hall–Kier alpha value is -1.68. The van der Waals surface area contributed by atoms with Gasteiger partial charge in [0.2, 0.25) is 0 Å². The average Bonchev–Trinajstić information content (AvgIpc) is 2.74. The first-order valence-corrected chi connectivity index (χ1v) is 6.52. The number of carbonyl (C=O) groups is 2.